The lowest BCUT2D eigenvalue weighted by Crippen LogP contribution is -2.28. The minimum absolute atomic E-state index is 0.000250. The van der Waals surface area contributed by atoms with Gasteiger partial charge in [0, 0.05) is 37.5 Å². The average Bonchev–Trinajstić information content (AvgIpc) is 3.31. The van der Waals surface area contributed by atoms with E-state index in [0.717, 1.165) is 30.8 Å². The molecule has 0 radical (unpaired) electrons. The van der Waals surface area contributed by atoms with Gasteiger partial charge >= 0.3 is 11.9 Å². The molecule has 0 saturated carbocycles. The lowest BCUT2D eigenvalue weighted by atomic mass is 10.2. The van der Waals surface area contributed by atoms with E-state index < -0.39 is 40.7 Å². The van der Waals surface area contributed by atoms with Crippen LogP contribution < -0.4 is 25.8 Å². The van der Waals surface area contributed by atoms with Crippen LogP contribution in [0.4, 0.5) is 27.8 Å². The van der Waals surface area contributed by atoms with Crippen LogP contribution >= 0.6 is 0 Å². The van der Waals surface area contributed by atoms with Crippen molar-refractivity contribution in [3.63, 3.8) is 0 Å². The van der Waals surface area contributed by atoms with Gasteiger partial charge < -0.3 is 20.1 Å². The summed E-state index contributed by atoms with van der Waals surface area (Å²) in [5, 5.41) is 0. The van der Waals surface area contributed by atoms with Crippen LogP contribution in [-0.2, 0) is 19.3 Å². The molecule has 4 heterocycles. The van der Waals surface area contributed by atoms with Crippen LogP contribution in [0.5, 0.6) is 17.4 Å². The molecular weight excluding hydrogens is 477 g/mol. The SMILES string of the molecule is N[C@H]1C[C@@H]2Cn3c(cc(OCc4cc(F)c(Oc5ccnc(C(F)(F)F)c5)c(F)c4)nc3=O)N2C1. The van der Waals surface area contributed by atoms with Crippen molar-refractivity contribution in [2.45, 2.75) is 37.8 Å². The smallest absolute Gasteiger partial charge is 0.433 e. The van der Waals surface area contributed by atoms with Crippen LogP contribution in [0.3, 0.4) is 0 Å². The first-order valence-electron chi connectivity index (χ1n) is 10.5. The van der Waals surface area contributed by atoms with Crippen molar-refractivity contribution in [3.8, 4) is 17.4 Å². The number of rotatable bonds is 5. The first kappa shape index (κ1) is 23.0. The summed E-state index contributed by atoms with van der Waals surface area (Å²) in [6.45, 7) is 0.753. The maximum atomic E-state index is 14.5. The van der Waals surface area contributed by atoms with Crippen molar-refractivity contribution in [1.29, 1.82) is 0 Å². The van der Waals surface area contributed by atoms with Crippen LogP contribution in [0.1, 0.15) is 17.7 Å². The number of hydrogen-bond donors (Lipinski definition) is 1. The summed E-state index contributed by atoms with van der Waals surface area (Å²) >= 11 is 0. The molecule has 13 heteroatoms. The maximum Gasteiger partial charge on any atom is 0.433 e. The van der Waals surface area contributed by atoms with Crippen molar-refractivity contribution < 1.29 is 31.4 Å². The predicted octanol–water partition coefficient (Wildman–Crippen LogP) is 3.23. The van der Waals surface area contributed by atoms with Gasteiger partial charge in [-0.25, -0.2) is 13.6 Å². The van der Waals surface area contributed by atoms with E-state index in [9.17, 15) is 26.7 Å². The third kappa shape index (κ3) is 4.50. The van der Waals surface area contributed by atoms with E-state index in [1.165, 1.54) is 4.57 Å². The number of aromatic nitrogens is 3. The molecule has 0 unspecified atom stereocenters. The number of nitrogens with two attached hydrogens (primary N) is 1. The molecule has 2 aliphatic rings. The third-order valence-electron chi connectivity index (χ3n) is 5.79. The van der Waals surface area contributed by atoms with Gasteiger partial charge in [0.15, 0.2) is 17.4 Å². The molecule has 1 fully saturated rings. The molecule has 1 aromatic carbocycles. The summed E-state index contributed by atoms with van der Waals surface area (Å²) in [6, 6.07) is 5.09. The van der Waals surface area contributed by atoms with Crippen molar-refractivity contribution in [3.05, 3.63) is 69.9 Å². The zero-order valence-corrected chi connectivity index (χ0v) is 17.9. The van der Waals surface area contributed by atoms with E-state index in [-0.39, 0.29) is 30.1 Å². The first-order valence-corrected chi connectivity index (χ1v) is 10.5. The molecule has 2 atom stereocenters. The molecule has 2 aliphatic heterocycles. The van der Waals surface area contributed by atoms with Gasteiger partial charge in [-0.1, -0.05) is 0 Å². The number of alkyl halides is 3. The molecule has 3 aromatic rings. The molecule has 0 bridgehead atoms. The van der Waals surface area contributed by atoms with Crippen molar-refractivity contribution in [1.82, 2.24) is 14.5 Å². The Bertz CT molecular complexity index is 1320. The summed E-state index contributed by atoms with van der Waals surface area (Å²) in [6.07, 6.45) is -3.17. The van der Waals surface area contributed by atoms with E-state index >= 15 is 0 Å². The van der Waals surface area contributed by atoms with Gasteiger partial charge in [-0.2, -0.15) is 18.2 Å². The van der Waals surface area contributed by atoms with Crippen molar-refractivity contribution in [2.24, 2.45) is 5.73 Å². The summed E-state index contributed by atoms with van der Waals surface area (Å²) < 4.78 is 79.5. The molecule has 2 aromatic heterocycles. The van der Waals surface area contributed by atoms with E-state index in [0.29, 0.717) is 25.0 Å². The molecule has 8 nitrogen and oxygen atoms in total. The van der Waals surface area contributed by atoms with E-state index in [1.54, 1.807) is 6.07 Å². The largest absolute Gasteiger partial charge is 0.473 e. The van der Waals surface area contributed by atoms with Crippen LogP contribution in [0.2, 0.25) is 0 Å². The number of hydrogen-bond acceptors (Lipinski definition) is 7. The normalized spacial score (nSPS) is 19.0. The van der Waals surface area contributed by atoms with E-state index in [1.807, 2.05) is 4.90 Å². The average molecular weight is 495 g/mol. The summed E-state index contributed by atoms with van der Waals surface area (Å²) in [7, 11) is 0. The number of ether oxygens (including phenoxy) is 2. The van der Waals surface area contributed by atoms with Gasteiger partial charge in [-0.15, -0.1) is 0 Å². The Hall–Kier alpha value is -3.74. The molecule has 2 N–H and O–H groups in total. The lowest BCUT2D eigenvalue weighted by Gasteiger charge is -2.17. The second-order valence-corrected chi connectivity index (χ2v) is 8.30. The Morgan fingerprint density at radius 1 is 1.11 bits per heavy atom. The van der Waals surface area contributed by atoms with Gasteiger partial charge in [-0.05, 0) is 30.2 Å². The monoisotopic (exact) mass is 495 g/mol. The Balaban J connectivity index is 1.32. The van der Waals surface area contributed by atoms with Crippen LogP contribution in [0.15, 0.2) is 41.3 Å². The van der Waals surface area contributed by atoms with Crippen LogP contribution in [0.25, 0.3) is 0 Å². The molecular formula is C22H18F5N5O3. The molecule has 184 valence electrons. The molecule has 0 aliphatic carbocycles. The van der Waals surface area contributed by atoms with Crippen molar-refractivity contribution >= 4 is 5.82 Å². The second-order valence-electron chi connectivity index (χ2n) is 8.30. The number of anilines is 1. The highest BCUT2D eigenvalue weighted by Gasteiger charge is 2.38. The standard InChI is InChI=1S/C22H18F5N5O3/c23-15-3-11(4-16(24)20(15)35-14-1-2-29-17(6-14)22(25,26)27)10-34-18-7-19-31-8-12(28)5-13(31)9-32(19)21(33)30-18/h1-4,6-7,12-13H,5,8-10,28H2/t12-,13+/m0/s1. The quantitative estimate of drug-likeness (QED) is 0.543. The van der Waals surface area contributed by atoms with Gasteiger partial charge in [0.1, 0.15) is 23.9 Å². The highest BCUT2D eigenvalue weighted by molar-refractivity contribution is 5.49. The Labute approximate surface area is 194 Å². The highest BCUT2D eigenvalue weighted by atomic mass is 19.4. The second kappa shape index (κ2) is 8.48. The third-order valence-corrected chi connectivity index (χ3v) is 5.79. The minimum Gasteiger partial charge on any atom is -0.473 e. The zero-order chi connectivity index (χ0) is 24.9. The predicted molar refractivity (Wildman–Crippen MR) is 112 cm³/mol. The fourth-order valence-corrected chi connectivity index (χ4v) is 4.27. The number of halogens is 5. The van der Waals surface area contributed by atoms with Crippen LogP contribution in [0, 0.1) is 11.6 Å². The number of pyridine rings is 1. The highest BCUT2D eigenvalue weighted by Crippen LogP contribution is 2.34. The Morgan fingerprint density at radius 3 is 2.57 bits per heavy atom. The summed E-state index contributed by atoms with van der Waals surface area (Å²) in [5.41, 5.74) is 4.29. The van der Waals surface area contributed by atoms with E-state index in [4.69, 9.17) is 15.2 Å². The Morgan fingerprint density at radius 2 is 1.86 bits per heavy atom. The van der Waals surface area contributed by atoms with Crippen molar-refractivity contribution in [2.75, 3.05) is 11.4 Å². The first-order chi connectivity index (χ1) is 16.6. The number of fused-ring (bicyclic) bond motifs is 3. The molecule has 5 rings (SSSR count). The summed E-state index contributed by atoms with van der Waals surface area (Å²) in [4.78, 5) is 21.4. The van der Waals surface area contributed by atoms with Gasteiger partial charge in [0.2, 0.25) is 5.88 Å². The molecule has 1 saturated heterocycles. The van der Waals surface area contributed by atoms with Gasteiger partial charge in [-0.3, -0.25) is 9.55 Å². The number of benzene rings is 1. The van der Waals surface area contributed by atoms with Gasteiger partial charge in [0.25, 0.3) is 0 Å². The topological polar surface area (TPSA) is 95.5 Å². The molecule has 35 heavy (non-hydrogen) atoms. The maximum absolute atomic E-state index is 14.5. The Kier molecular flexibility index (Phi) is 5.58. The molecule has 0 spiro atoms. The van der Waals surface area contributed by atoms with Crippen LogP contribution in [-0.4, -0.2) is 33.2 Å². The zero-order valence-electron chi connectivity index (χ0n) is 17.9. The molecule has 0 amide bonds. The van der Waals surface area contributed by atoms with E-state index in [2.05, 4.69) is 9.97 Å². The lowest BCUT2D eigenvalue weighted by molar-refractivity contribution is -0.141. The minimum atomic E-state index is -4.74. The fraction of sp³-hybridized carbons (Fsp3) is 0.318. The number of nitrogens with zero attached hydrogens (tertiary/aromatic N) is 4. The summed E-state index contributed by atoms with van der Waals surface area (Å²) in [5.74, 6) is -3.00. The fourth-order valence-electron chi connectivity index (χ4n) is 4.27. The van der Waals surface area contributed by atoms with Gasteiger partial charge in [0.05, 0.1) is 6.04 Å².